The minimum atomic E-state index is -0.582. The summed E-state index contributed by atoms with van der Waals surface area (Å²) >= 11 is 8.97. The Bertz CT molecular complexity index is 569. The van der Waals surface area contributed by atoms with Gasteiger partial charge in [-0.1, -0.05) is 17.7 Å². The molecule has 1 N–H and O–H groups in total. The fourth-order valence-electron chi connectivity index (χ4n) is 1.31. The first-order valence-corrected chi connectivity index (χ1v) is 6.12. The van der Waals surface area contributed by atoms with Gasteiger partial charge in [-0.25, -0.2) is 9.37 Å². The van der Waals surface area contributed by atoms with E-state index in [-0.39, 0.29) is 10.7 Å². The average molecular weight is 330 g/mol. The predicted molar refractivity (Wildman–Crippen MR) is 71.3 cm³/mol. The van der Waals surface area contributed by atoms with Crippen molar-refractivity contribution in [3.05, 3.63) is 57.5 Å². The van der Waals surface area contributed by atoms with E-state index in [1.165, 1.54) is 24.4 Å². The van der Waals surface area contributed by atoms with Crippen LogP contribution in [0.3, 0.4) is 0 Å². The number of aromatic nitrogens is 1. The molecular formula is C12H7BrClFN2O. The van der Waals surface area contributed by atoms with Crippen LogP contribution < -0.4 is 5.32 Å². The first-order valence-electron chi connectivity index (χ1n) is 4.95. The number of carbonyl (C=O) groups is 1. The third kappa shape index (κ3) is 2.86. The molecule has 0 unspecified atom stereocenters. The Morgan fingerprint density at radius 3 is 2.72 bits per heavy atom. The smallest absolute Gasteiger partial charge is 0.257 e. The molecule has 0 saturated heterocycles. The highest BCUT2D eigenvalue weighted by atomic mass is 79.9. The second-order valence-corrected chi connectivity index (χ2v) is 4.64. The highest BCUT2D eigenvalue weighted by molar-refractivity contribution is 9.10. The first kappa shape index (κ1) is 13.0. The van der Waals surface area contributed by atoms with Crippen LogP contribution >= 0.6 is 27.5 Å². The number of hydrogen-bond donors (Lipinski definition) is 1. The summed E-state index contributed by atoms with van der Waals surface area (Å²) < 4.78 is 14.1. The van der Waals surface area contributed by atoms with Gasteiger partial charge in [-0.15, -0.1) is 0 Å². The van der Waals surface area contributed by atoms with Crippen LogP contribution in [0.4, 0.5) is 10.1 Å². The first-order chi connectivity index (χ1) is 8.58. The van der Waals surface area contributed by atoms with E-state index in [1.54, 1.807) is 12.1 Å². The van der Waals surface area contributed by atoms with E-state index in [2.05, 4.69) is 26.2 Å². The Labute approximate surface area is 116 Å². The van der Waals surface area contributed by atoms with Crippen LogP contribution in [0.25, 0.3) is 0 Å². The third-order valence-corrected chi connectivity index (χ3v) is 2.97. The van der Waals surface area contributed by atoms with Gasteiger partial charge in [0.1, 0.15) is 10.4 Å². The normalized spacial score (nSPS) is 10.2. The zero-order chi connectivity index (χ0) is 13.1. The highest BCUT2D eigenvalue weighted by Crippen LogP contribution is 2.25. The molecule has 0 aliphatic rings. The van der Waals surface area contributed by atoms with Crippen LogP contribution in [0, 0.1) is 5.82 Å². The molecule has 0 aliphatic carbocycles. The molecule has 3 nitrogen and oxygen atoms in total. The van der Waals surface area contributed by atoms with Crippen LogP contribution in [0.5, 0.6) is 0 Å². The third-order valence-electron chi connectivity index (χ3n) is 2.19. The Balaban J connectivity index is 2.24. The number of nitrogens with one attached hydrogen (secondary N) is 1. The van der Waals surface area contributed by atoms with Crippen molar-refractivity contribution < 1.29 is 9.18 Å². The van der Waals surface area contributed by atoms with Gasteiger partial charge < -0.3 is 5.32 Å². The number of para-hydroxylation sites is 1. The van der Waals surface area contributed by atoms with Gasteiger partial charge in [0.15, 0.2) is 0 Å². The summed E-state index contributed by atoms with van der Waals surface area (Å²) in [6, 6.07) is 7.38. The maximum absolute atomic E-state index is 13.5. The number of carbonyl (C=O) groups excluding carboxylic acids is 1. The molecule has 2 aromatic rings. The van der Waals surface area contributed by atoms with Crippen LogP contribution in [0.1, 0.15) is 10.4 Å². The molecule has 0 spiro atoms. The number of halogens is 3. The molecule has 6 heteroatoms. The maximum atomic E-state index is 13.5. The van der Waals surface area contributed by atoms with E-state index in [4.69, 9.17) is 11.6 Å². The van der Waals surface area contributed by atoms with Gasteiger partial charge in [0.2, 0.25) is 0 Å². The van der Waals surface area contributed by atoms with Crippen molar-refractivity contribution in [1.29, 1.82) is 0 Å². The molecule has 18 heavy (non-hydrogen) atoms. The van der Waals surface area contributed by atoms with Gasteiger partial charge in [-0.3, -0.25) is 4.79 Å². The van der Waals surface area contributed by atoms with E-state index in [9.17, 15) is 9.18 Å². The summed E-state index contributed by atoms with van der Waals surface area (Å²) in [5.74, 6) is -1.05. The Kier molecular flexibility index (Phi) is 3.93. The van der Waals surface area contributed by atoms with E-state index < -0.39 is 11.7 Å². The summed E-state index contributed by atoms with van der Waals surface area (Å²) in [7, 11) is 0. The summed E-state index contributed by atoms with van der Waals surface area (Å²) in [6.45, 7) is 0. The van der Waals surface area contributed by atoms with Crippen LogP contribution in [0.15, 0.2) is 41.1 Å². The number of anilines is 1. The number of amides is 1. The molecule has 0 radical (unpaired) electrons. The lowest BCUT2D eigenvalue weighted by atomic mass is 10.2. The Morgan fingerprint density at radius 1 is 1.33 bits per heavy atom. The maximum Gasteiger partial charge on any atom is 0.257 e. The second-order valence-electron chi connectivity index (χ2n) is 3.42. The number of benzene rings is 1. The van der Waals surface area contributed by atoms with E-state index in [1.807, 2.05) is 0 Å². The van der Waals surface area contributed by atoms with Crippen molar-refractivity contribution in [2.45, 2.75) is 0 Å². The second kappa shape index (κ2) is 5.46. The van der Waals surface area contributed by atoms with Crippen molar-refractivity contribution in [1.82, 2.24) is 4.98 Å². The van der Waals surface area contributed by atoms with Crippen molar-refractivity contribution in [2.75, 3.05) is 5.32 Å². The molecular weight excluding hydrogens is 322 g/mol. The Morgan fingerprint density at radius 2 is 2.11 bits per heavy atom. The SMILES string of the molecule is O=C(Nc1c(F)cccc1Cl)c1ccc(Br)nc1. The molecule has 0 saturated carbocycles. The van der Waals surface area contributed by atoms with Gasteiger partial charge >= 0.3 is 0 Å². The van der Waals surface area contributed by atoms with Gasteiger partial charge in [-0.2, -0.15) is 0 Å². The topological polar surface area (TPSA) is 42.0 Å². The minimum absolute atomic E-state index is 0.0351. The summed E-state index contributed by atoms with van der Waals surface area (Å²) in [5, 5.41) is 2.56. The molecule has 2 rings (SSSR count). The average Bonchev–Trinajstić information content (AvgIpc) is 2.34. The fraction of sp³-hybridized carbons (Fsp3) is 0. The summed E-state index contributed by atoms with van der Waals surface area (Å²) in [6.07, 6.45) is 1.38. The largest absolute Gasteiger partial charge is 0.318 e. The van der Waals surface area contributed by atoms with Gasteiger partial charge in [0.05, 0.1) is 16.3 Å². The quantitative estimate of drug-likeness (QED) is 0.849. The van der Waals surface area contributed by atoms with E-state index in [0.29, 0.717) is 10.2 Å². The summed E-state index contributed by atoms with van der Waals surface area (Å²) in [4.78, 5) is 15.8. The summed E-state index contributed by atoms with van der Waals surface area (Å²) in [5.41, 5.74) is 0.282. The van der Waals surface area contributed by atoms with Crippen molar-refractivity contribution in [3.63, 3.8) is 0 Å². The lowest BCUT2D eigenvalue weighted by Crippen LogP contribution is -2.13. The minimum Gasteiger partial charge on any atom is -0.318 e. The molecule has 1 aromatic carbocycles. The zero-order valence-corrected chi connectivity index (χ0v) is 11.3. The lowest BCUT2D eigenvalue weighted by Gasteiger charge is -2.07. The number of pyridine rings is 1. The molecule has 1 amide bonds. The monoisotopic (exact) mass is 328 g/mol. The fourth-order valence-corrected chi connectivity index (χ4v) is 1.76. The molecule has 1 aromatic heterocycles. The molecule has 0 atom stereocenters. The molecule has 1 heterocycles. The number of rotatable bonds is 2. The molecule has 0 bridgehead atoms. The van der Waals surface area contributed by atoms with Gasteiger partial charge in [0.25, 0.3) is 5.91 Å². The Hall–Kier alpha value is -1.46. The zero-order valence-electron chi connectivity index (χ0n) is 8.95. The highest BCUT2D eigenvalue weighted by Gasteiger charge is 2.12. The lowest BCUT2D eigenvalue weighted by molar-refractivity contribution is 0.102. The number of hydrogen-bond acceptors (Lipinski definition) is 2. The molecule has 92 valence electrons. The van der Waals surface area contributed by atoms with Crippen LogP contribution in [0.2, 0.25) is 5.02 Å². The molecule has 0 aliphatic heterocycles. The van der Waals surface area contributed by atoms with Gasteiger partial charge in [0, 0.05) is 6.20 Å². The van der Waals surface area contributed by atoms with E-state index >= 15 is 0 Å². The van der Waals surface area contributed by atoms with Crippen molar-refractivity contribution in [2.24, 2.45) is 0 Å². The van der Waals surface area contributed by atoms with Crippen molar-refractivity contribution >= 4 is 39.1 Å². The van der Waals surface area contributed by atoms with Gasteiger partial charge in [-0.05, 0) is 40.2 Å². The van der Waals surface area contributed by atoms with Crippen molar-refractivity contribution in [3.8, 4) is 0 Å². The standard InChI is InChI=1S/C12H7BrClFN2O/c13-10-5-4-7(6-16-10)12(18)17-11-8(14)2-1-3-9(11)15/h1-6H,(H,17,18). The predicted octanol–water partition coefficient (Wildman–Crippen LogP) is 3.89. The van der Waals surface area contributed by atoms with Crippen LogP contribution in [-0.2, 0) is 0 Å². The number of nitrogens with zero attached hydrogens (tertiary/aromatic N) is 1. The van der Waals surface area contributed by atoms with Crippen LogP contribution in [-0.4, -0.2) is 10.9 Å². The van der Waals surface area contributed by atoms with E-state index in [0.717, 1.165) is 0 Å². The molecule has 0 fully saturated rings.